The zero-order chi connectivity index (χ0) is 6.08. The van der Waals surface area contributed by atoms with Crippen LogP contribution in [0.25, 0.3) is 0 Å². The van der Waals surface area contributed by atoms with Crippen LogP contribution in [0.15, 0.2) is 0 Å². The van der Waals surface area contributed by atoms with Crippen LogP contribution in [0.5, 0.6) is 0 Å². The van der Waals surface area contributed by atoms with Gasteiger partial charge in [0.15, 0.2) is 0 Å². The summed E-state index contributed by atoms with van der Waals surface area (Å²) in [5, 5.41) is 4.20. The van der Waals surface area contributed by atoms with Gasteiger partial charge >= 0.3 is 0 Å². The third-order valence-corrected chi connectivity index (χ3v) is 1.97. The second-order valence-corrected chi connectivity index (χ2v) is 3.76. The number of nitrogens with two attached hydrogens (primary N) is 1. The van der Waals surface area contributed by atoms with Gasteiger partial charge in [0.1, 0.15) is 0 Å². The van der Waals surface area contributed by atoms with Gasteiger partial charge in [-0.3, -0.25) is 0 Å². The molecule has 0 amide bonds. The van der Waals surface area contributed by atoms with Gasteiger partial charge in [-0.25, -0.2) is 13.6 Å². The van der Waals surface area contributed by atoms with Crippen molar-refractivity contribution in [1.82, 2.24) is 0 Å². The van der Waals surface area contributed by atoms with Gasteiger partial charge in [-0.15, -0.1) is 0 Å². The molecule has 4 heteroatoms. The van der Waals surface area contributed by atoms with E-state index < -0.39 is 15.3 Å². The summed E-state index contributed by atoms with van der Waals surface area (Å²) in [7, 11) is -3.24. The van der Waals surface area contributed by atoms with Gasteiger partial charge in [0.05, 0.1) is 5.25 Å². The molecule has 0 aliphatic heterocycles. The Morgan fingerprint density at radius 3 is 1.50 bits per heavy atom. The van der Waals surface area contributed by atoms with E-state index in [9.17, 15) is 8.42 Å². The number of hydrogen-bond donors (Lipinski definition) is 1. The largest absolute Gasteiger partial charge is 0.229 e. The first kappa shape index (κ1) is 10.8. The van der Waals surface area contributed by atoms with Crippen molar-refractivity contribution in [3.05, 3.63) is 0 Å². The van der Waals surface area contributed by atoms with Gasteiger partial charge in [-0.05, 0) is 13.8 Å². The predicted molar refractivity (Wildman–Crippen MR) is 35.0 cm³/mol. The van der Waals surface area contributed by atoms with E-state index in [0.717, 1.165) is 0 Å². The Balaban J connectivity index is 0. The van der Waals surface area contributed by atoms with Gasteiger partial charge in [-0.1, -0.05) is 7.43 Å². The molecule has 0 fully saturated rings. The fraction of sp³-hybridized carbons (Fsp3) is 1.00. The van der Waals surface area contributed by atoms with E-state index in [1.807, 2.05) is 0 Å². The van der Waals surface area contributed by atoms with Crippen LogP contribution in [-0.4, -0.2) is 13.7 Å². The van der Waals surface area contributed by atoms with Crippen LogP contribution >= 0.6 is 0 Å². The van der Waals surface area contributed by atoms with Gasteiger partial charge in [0, 0.05) is 0 Å². The number of hydrogen-bond acceptors (Lipinski definition) is 2. The minimum absolute atomic E-state index is 0. The summed E-state index contributed by atoms with van der Waals surface area (Å²) >= 11 is 0. The van der Waals surface area contributed by atoms with E-state index in [2.05, 4.69) is 5.14 Å². The highest BCUT2D eigenvalue weighted by molar-refractivity contribution is 7.89. The Hall–Kier alpha value is -0.0900. The lowest BCUT2D eigenvalue weighted by Gasteiger charge is -1.96. The lowest BCUT2D eigenvalue weighted by Crippen LogP contribution is -2.22. The molecule has 0 rings (SSSR count). The molecule has 0 atom stereocenters. The van der Waals surface area contributed by atoms with Gasteiger partial charge in [-0.2, -0.15) is 0 Å². The van der Waals surface area contributed by atoms with Crippen LogP contribution in [0.4, 0.5) is 0 Å². The lowest BCUT2D eigenvalue weighted by molar-refractivity contribution is 0.589. The van der Waals surface area contributed by atoms with Crippen molar-refractivity contribution in [3.63, 3.8) is 0 Å². The topological polar surface area (TPSA) is 60.2 Å². The van der Waals surface area contributed by atoms with Crippen LogP contribution in [0.3, 0.4) is 0 Å². The Morgan fingerprint density at radius 1 is 1.38 bits per heavy atom. The second-order valence-electron chi connectivity index (χ2n) is 1.64. The molecule has 0 bridgehead atoms. The van der Waals surface area contributed by atoms with Crippen molar-refractivity contribution in [2.75, 3.05) is 0 Å². The Labute approximate surface area is 50.9 Å². The van der Waals surface area contributed by atoms with Crippen LogP contribution in [0.1, 0.15) is 21.3 Å². The summed E-state index contributed by atoms with van der Waals surface area (Å²) in [5.41, 5.74) is 0. The van der Waals surface area contributed by atoms with Gasteiger partial charge in [0.2, 0.25) is 10.0 Å². The van der Waals surface area contributed by atoms with Crippen molar-refractivity contribution >= 4 is 10.0 Å². The quantitative estimate of drug-likeness (QED) is 0.568. The van der Waals surface area contributed by atoms with Crippen molar-refractivity contribution < 1.29 is 8.42 Å². The molecule has 0 radical (unpaired) electrons. The number of sulfonamides is 1. The van der Waals surface area contributed by atoms with E-state index in [0.29, 0.717) is 0 Å². The zero-order valence-corrected chi connectivity index (χ0v) is 5.20. The monoisotopic (exact) mass is 139 g/mol. The summed E-state index contributed by atoms with van der Waals surface area (Å²) < 4.78 is 20.2. The van der Waals surface area contributed by atoms with Crippen LogP contribution in [0.2, 0.25) is 0 Å². The first-order chi connectivity index (χ1) is 2.94. The Morgan fingerprint density at radius 2 is 1.50 bits per heavy atom. The number of primary sulfonamides is 1. The molecule has 0 aliphatic carbocycles. The maximum Gasteiger partial charge on any atom is 0.211 e. The molecule has 0 spiro atoms. The smallest absolute Gasteiger partial charge is 0.211 e. The van der Waals surface area contributed by atoms with Crippen molar-refractivity contribution in [2.45, 2.75) is 26.5 Å². The fourth-order valence-corrected chi connectivity index (χ4v) is 0. The fourth-order valence-electron chi connectivity index (χ4n) is 0. The molecular weight excluding hydrogens is 126 g/mol. The van der Waals surface area contributed by atoms with Gasteiger partial charge in [0.25, 0.3) is 0 Å². The molecular formula is C4H13NO2S. The third-order valence-electron chi connectivity index (χ3n) is 0.657. The SMILES string of the molecule is C.CC(C)S(N)(=O)=O. The average molecular weight is 139 g/mol. The molecule has 0 saturated carbocycles. The molecule has 0 saturated heterocycles. The zero-order valence-electron chi connectivity index (χ0n) is 4.38. The predicted octanol–water partition coefficient (Wildman–Crippen LogP) is 0.319. The molecule has 2 N–H and O–H groups in total. The molecule has 0 aromatic heterocycles. The Kier molecular flexibility index (Phi) is 4.11. The van der Waals surface area contributed by atoms with Crippen molar-refractivity contribution in [3.8, 4) is 0 Å². The molecule has 0 aromatic carbocycles. The summed E-state index contributed by atoms with van der Waals surface area (Å²) in [6.07, 6.45) is 0. The summed E-state index contributed by atoms with van der Waals surface area (Å²) in [6.45, 7) is 3.07. The summed E-state index contributed by atoms with van der Waals surface area (Å²) in [5.74, 6) is 0. The first-order valence-corrected chi connectivity index (χ1v) is 3.57. The highest BCUT2D eigenvalue weighted by Gasteiger charge is 2.06. The van der Waals surface area contributed by atoms with E-state index in [4.69, 9.17) is 0 Å². The average Bonchev–Trinajstić information content (AvgIpc) is 1.31. The molecule has 0 unspecified atom stereocenters. The summed E-state index contributed by atoms with van der Waals surface area (Å²) in [6, 6.07) is 0. The standard InChI is InChI=1S/C3H9NO2S.CH4/c1-3(2)7(4,5)6;/h3H,1-2H3,(H2,4,5,6);1H4. The van der Waals surface area contributed by atoms with Crippen LogP contribution in [-0.2, 0) is 10.0 Å². The highest BCUT2D eigenvalue weighted by atomic mass is 32.2. The molecule has 0 heterocycles. The van der Waals surface area contributed by atoms with Crippen LogP contribution in [0, 0.1) is 0 Å². The van der Waals surface area contributed by atoms with E-state index in [1.165, 1.54) is 13.8 Å². The summed E-state index contributed by atoms with van der Waals surface area (Å²) in [4.78, 5) is 0. The first-order valence-electron chi connectivity index (χ1n) is 1.96. The van der Waals surface area contributed by atoms with Crippen molar-refractivity contribution in [2.24, 2.45) is 5.14 Å². The van der Waals surface area contributed by atoms with E-state index >= 15 is 0 Å². The van der Waals surface area contributed by atoms with E-state index in [1.54, 1.807) is 0 Å². The maximum absolute atomic E-state index is 10.1. The molecule has 0 aromatic rings. The molecule has 8 heavy (non-hydrogen) atoms. The van der Waals surface area contributed by atoms with Gasteiger partial charge < -0.3 is 0 Å². The Bertz CT molecular complexity index is 136. The number of rotatable bonds is 1. The molecule has 3 nitrogen and oxygen atoms in total. The highest BCUT2D eigenvalue weighted by Crippen LogP contribution is 1.88. The normalized spacial score (nSPS) is 11.0. The maximum atomic E-state index is 10.1. The molecule has 0 aliphatic rings. The molecule has 52 valence electrons. The second kappa shape index (κ2) is 3.04. The van der Waals surface area contributed by atoms with Crippen LogP contribution < -0.4 is 5.14 Å². The van der Waals surface area contributed by atoms with Crippen molar-refractivity contribution in [1.29, 1.82) is 0 Å². The lowest BCUT2D eigenvalue weighted by atomic mass is 10.6. The minimum Gasteiger partial charge on any atom is -0.229 e. The van der Waals surface area contributed by atoms with E-state index in [-0.39, 0.29) is 7.43 Å². The minimum atomic E-state index is -3.24. The third kappa shape index (κ3) is 4.08.